The zero-order chi connectivity index (χ0) is 10.6. The number of hydrogen-bond donors (Lipinski definition) is 2. The van der Waals surface area contributed by atoms with Gasteiger partial charge in [-0.2, -0.15) is 0 Å². The first-order valence-electron chi connectivity index (χ1n) is 4.71. The van der Waals surface area contributed by atoms with E-state index < -0.39 is 29.9 Å². The van der Waals surface area contributed by atoms with E-state index >= 15 is 0 Å². The van der Waals surface area contributed by atoms with Crippen molar-refractivity contribution >= 4 is 0 Å². The highest BCUT2D eigenvalue weighted by Gasteiger charge is 2.63. The molecule has 0 aromatic heterocycles. The molecule has 0 amide bonds. The van der Waals surface area contributed by atoms with Crippen LogP contribution in [0.1, 0.15) is 20.8 Å². The fraction of sp³-hybridized carbons (Fsp3) is 1.00. The van der Waals surface area contributed by atoms with E-state index in [0.717, 1.165) is 0 Å². The van der Waals surface area contributed by atoms with Crippen molar-refractivity contribution in [2.75, 3.05) is 6.61 Å². The molecule has 14 heavy (non-hydrogen) atoms. The second kappa shape index (κ2) is 2.90. The molecular weight excluding hydrogens is 188 g/mol. The minimum Gasteiger partial charge on any atom is -0.394 e. The third-order valence-electron chi connectivity index (χ3n) is 2.75. The van der Waals surface area contributed by atoms with Crippen LogP contribution >= 0.6 is 0 Å². The van der Waals surface area contributed by atoms with Crippen molar-refractivity contribution in [1.82, 2.24) is 0 Å². The molecule has 0 aliphatic carbocycles. The van der Waals surface area contributed by atoms with Crippen LogP contribution in [0.15, 0.2) is 0 Å². The summed E-state index contributed by atoms with van der Waals surface area (Å²) in [5, 5.41) is 18.7. The van der Waals surface area contributed by atoms with E-state index in [0.29, 0.717) is 0 Å². The normalized spacial score (nSPS) is 50.8. The van der Waals surface area contributed by atoms with Crippen LogP contribution < -0.4 is 0 Å². The molecule has 2 saturated heterocycles. The van der Waals surface area contributed by atoms with Gasteiger partial charge in [-0.25, -0.2) is 0 Å². The summed E-state index contributed by atoms with van der Waals surface area (Å²) < 4.78 is 16.3. The van der Waals surface area contributed by atoms with Crippen LogP contribution in [0.5, 0.6) is 0 Å². The molecule has 2 heterocycles. The largest absolute Gasteiger partial charge is 0.394 e. The smallest absolute Gasteiger partial charge is 0.187 e. The number of hydrogen-bond acceptors (Lipinski definition) is 5. The molecular formula is C9H16O5. The van der Waals surface area contributed by atoms with Gasteiger partial charge in [0.15, 0.2) is 12.1 Å². The van der Waals surface area contributed by atoms with Gasteiger partial charge in [-0.15, -0.1) is 0 Å². The topological polar surface area (TPSA) is 68.2 Å². The van der Waals surface area contributed by atoms with Gasteiger partial charge in [0.2, 0.25) is 0 Å². The fourth-order valence-corrected chi connectivity index (χ4v) is 2.18. The first-order chi connectivity index (χ1) is 6.39. The monoisotopic (exact) mass is 204 g/mol. The third-order valence-corrected chi connectivity index (χ3v) is 2.75. The first kappa shape index (κ1) is 10.3. The lowest BCUT2D eigenvalue weighted by molar-refractivity contribution is -0.244. The lowest BCUT2D eigenvalue weighted by atomic mass is 9.98. The average molecular weight is 204 g/mol. The number of rotatable bonds is 1. The zero-order valence-electron chi connectivity index (χ0n) is 8.56. The maximum Gasteiger partial charge on any atom is 0.187 e. The molecule has 0 spiro atoms. The van der Waals surface area contributed by atoms with Crippen molar-refractivity contribution in [1.29, 1.82) is 0 Å². The molecule has 2 aliphatic heterocycles. The molecule has 2 aliphatic rings. The maximum atomic E-state index is 9.65. The number of aliphatic hydroxyl groups is 2. The van der Waals surface area contributed by atoms with E-state index in [2.05, 4.69) is 0 Å². The molecule has 5 heteroatoms. The van der Waals surface area contributed by atoms with Gasteiger partial charge in [-0.3, -0.25) is 0 Å². The minimum absolute atomic E-state index is 0.184. The second-order valence-electron chi connectivity index (χ2n) is 4.43. The minimum atomic E-state index is -1.05. The van der Waals surface area contributed by atoms with Crippen molar-refractivity contribution in [3.05, 3.63) is 0 Å². The van der Waals surface area contributed by atoms with Gasteiger partial charge in [0, 0.05) is 0 Å². The molecule has 0 aromatic carbocycles. The second-order valence-corrected chi connectivity index (χ2v) is 4.43. The summed E-state index contributed by atoms with van der Waals surface area (Å²) in [6.07, 6.45) is -1.99. The summed E-state index contributed by atoms with van der Waals surface area (Å²) in [4.78, 5) is 0. The molecule has 0 radical (unpaired) electrons. The molecule has 2 N–H and O–H groups in total. The van der Waals surface area contributed by atoms with Crippen LogP contribution in [0.25, 0.3) is 0 Å². The maximum absolute atomic E-state index is 9.65. The summed E-state index contributed by atoms with van der Waals surface area (Å²) in [5.41, 5.74) is -0.878. The van der Waals surface area contributed by atoms with Crippen LogP contribution in [0.2, 0.25) is 0 Å². The Kier molecular flexibility index (Phi) is 2.14. The van der Waals surface area contributed by atoms with Gasteiger partial charge < -0.3 is 24.4 Å². The Bertz CT molecular complexity index is 241. The predicted molar refractivity (Wildman–Crippen MR) is 46.4 cm³/mol. The highest BCUT2D eigenvalue weighted by molar-refractivity contribution is 5.03. The summed E-state index contributed by atoms with van der Waals surface area (Å²) >= 11 is 0. The summed E-state index contributed by atoms with van der Waals surface area (Å²) in [7, 11) is 0. The van der Waals surface area contributed by atoms with Gasteiger partial charge in [0.1, 0.15) is 17.8 Å². The Hall–Kier alpha value is -0.200. The van der Waals surface area contributed by atoms with E-state index in [9.17, 15) is 5.11 Å². The van der Waals surface area contributed by atoms with Crippen molar-refractivity contribution in [3.8, 4) is 0 Å². The Balaban J connectivity index is 2.26. The Morgan fingerprint density at radius 2 is 1.93 bits per heavy atom. The van der Waals surface area contributed by atoms with E-state index in [4.69, 9.17) is 19.3 Å². The van der Waals surface area contributed by atoms with Crippen molar-refractivity contribution < 1.29 is 24.4 Å². The summed E-state index contributed by atoms with van der Waals surface area (Å²) in [6.45, 7) is 5.10. The van der Waals surface area contributed by atoms with Crippen LogP contribution in [-0.2, 0) is 14.2 Å². The van der Waals surface area contributed by atoms with E-state index in [1.54, 1.807) is 20.8 Å². The van der Waals surface area contributed by atoms with Gasteiger partial charge in [0.05, 0.1) is 6.61 Å². The van der Waals surface area contributed by atoms with Crippen LogP contribution in [-0.4, -0.2) is 46.7 Å². The molecule has 0 bridgehead atoms. The highest BCUT2D eigenvalue weighted by Crippen LogP contribution is 2.45. The van der Waals surface area contributed by atoms with Crippen molar-refractivity contribution in [2.24, 2.45) is 0 Å². The lowest BCUT2D eigenvalue weighted by Crippen LogP contribution is -2.43. The molecule has 0 saturated carbocycles. The van der Waals surface area contributed by atoms with E-state index in [1.807, 2.05) is 0 Å². The number of aliphatic hydroxyl groups excluding tert-OH is 2. The Morgan fingerprint density at radius 3 is 2.50 bits per heavy atom. The Morgan fingerprint density at radius 1 is 1.29 bits per heavy atom. The Labute approximate surface area is 82.6 Å². The lowest BCUT2D eigenvalue weighted by Gasteiger charge is -2.25. The van der Waals surface area contributed by atoms with Gasteiger partial charge >= 0.3 is 0 Å². The highest BCUT2D eigenvalue weighted by atomic mass is 16.8. The molecule has 0 aromatic rings. The molecule has 2 rings (SSSR count). The number of fused-ring (bicyclic) bond motifs is 1. The molecule has 82 valence electrons. The van der Waals surface area contributed by atoms with Crippen molar-refractivity contribution in [3.63, 3.8) is 0 Å². The van der Waals surface area contributed by atoms with Crippen LogP contribution in [0.4, 0.5) is 0 Å². The van der Waals surface area contributed by atoms with E-state index in [-0.39, 0.29) is 6.61 Å². The van der Waals surface area contributed by atoms with Gasteiger partial charge in [-0.05, 0) is 20.8 Å². The molecule has 2 fully saturated rings. The quantitative estimate of drug-likeness (QED) is 0.608. The standard InChI is InChI=1S/C9H16O5/c1-8(2)13-6-5(4-10)12-7(11)9(6,3)14-8/h5-7,10-11H,4H2,1-3H3/t5-,6-,7?,9-/m1/s1. The molecule has 5 nitrogen and oxygen atoms in total. The van der Waals surface area contributed by atoms with Gasteiger partial charge in [-0.1, -0.05) is 0 Å². The summed E-state index contributed by atoms with van der Waals surface area (Å²) in [6, 6.07) is 0. The molecule has 1 unspecified atom stereocenters. The summed E-state index contributed by atoms with van der Waals surface area (Å²) in [5.74, 6) is -0.738. The fourth-order valence-electron chi connectivity index (χ4n) is 2.18. The zero-order valence-corrected chi connectivity index (χ0v) is 8.56. The SMILES string of the molecule is CC1(C)O[C@@H]2[C@@H](CO)OC(O)[C@]2(C)O1. The van der Waals surface area contributed by atoms with Crippen LogP contribution in [0.3, 0.4) is 0 Å². The van der Waals surface area contributed by atoms with Gasteiger partial charge in [0.25, 0.3) is 0 Å². The average Bonchev–Trinajstić information content (AvgIpc) is 2.42. The third kappa shape index (κ3) is 1.28. The first-order valence-corrected chi connectivity index (χ1v) is 4.71. The van der Waals surface area contributed by atoms with E-state index in [1.165, 1.54) is 0 Å². The predicted octanol–water partition coefficient (Wildman–Crippen LogP) is -0.394. The number of ether oxygens (including phenoxy) is 3. The van der Waals surface area contributed by atoms with Crippen molar-refractivity contribution in [2.45, 2.75) is 50.7 Å². The molecule has 4 atom stereocenters. The van der Waals surface area contributed by atoms with Crippen LogP contribution in [0, 0.1) is 0 Å².